The Balaban J connectivity index is 2.20. The van der Waals surface area contributed by atoms with Crippen LogP contribution < -0.4 is 4.74 Å². The van der Waals surface area contributed by atoms with Crippen molar-refractivity contribution in [1.82, 2.24) is 9.88 Å². The fraction of sp³-hybridized carbons (Fsp3) is 0.316. The van der Waals surface area contributed by atoms with Gasteiger partial charge in [-0.3, -0.25) is 14.6 Å². The van der Waals surface area contributed by atoms with E-state index in [0.717, 1.165) is 5.56 Å². The van der Waals surface area contributed by atoms with Gasteiger partial charge in [-0.2, -0.15) is 0 Å². The van der Waals surface area contributed by atoms with Crippen molar-refractivity contribution in [2.75, 3.05) is 20.3 Å². The van der Waals surface area contributed by atoms with Crippen LogP contribution in [0.1, 0.15) is 29.3 Å². The van der Waals surface area contributed by atoms with E-state index in [1.807, 2.05) is 12.1 Å². The number of carbonyl (C=O) groups excluding carboxylic acids is 2. The SMILES string of the molecule is CCOC(=O)CCN(Cc1ccncc1)C(=O)c1ccccc1OC. The van der Waals surface area contributed by atoms with E-state index in [0.29, 0.717) is 24.5 Å². The summed E-state index contributed by atoms with van der Waals surface area (Å²) in [5.74, 6) is -0.0167. The molecule has 0 unspecified atom stereocenters. The summed E-state index contributed by atoms with van der Waals surface area (Å²) >= 11 is 0. The van der Waals surface area contributed by atoms with Crippen molar-refractivity contribution in [3.05, 3.63) is 59.9 Å². The minimum atomic E-state index is -0.324. The molecule has 0 aliphatic carbocycles. The Bertz CT molecular complexity index is 704. The number of esters is 1. The topological polar surface area (TPSA) is 68.7 Å². The number of para-hydroxylation sites is 1. The number of nitrogens with zero attached hydrogens (tertiary/aromatic N) is 2. The molecule has 0 saturated heterocycles. The Kier molecular flexibility index (Phi) is 6.95. The Hall–Kier alpha value is -2.89. The molecule has 0 fully saturated rings. The lowest BCUT2D eigenvalue weighted by atomic mass is 10.1. The smallest absolute Gasteiger partial charge is 0.307 e. The van der Waals surface area contributed by atoms with E-state index in [-0.39, 0.29) is 24.8 Å². The van der Waals surface area contributed by atoms with E-state index in [2.05, 4.69) is 4.98 Å². The van der Waals surface area contributed by atoms with Crippen molar-refractivity contribution in [1.29, 1.82) is 0 Å². The molecule has 0 bridgehead atoms. The van der Waals surface area contributed by atoms with E-state index >= 15 is 0 Å². The van der Waals surface area contributed by atoms with Crippen LogP contribution in [0.3, 0.4) is 0 Å². The van der Waals surface area contributed by atoms with E-state index in [1.54, 1.807) is 48.5 Å². The number of amides is 1. The highest BCUT2D eigenvalue weighted by Crippen LogP contribution is 2.20. The van der Waals surface area contributed by atoms with E-state index < -0.39 is 0 Å². The molecule has 1 amide bonds. The molecule has 0 spiro atoms. The first-order valence-corrected chi connectivity index (χ1v) is 8.12. The minimum Gasteiger partial charge on any atom is -0.496 e. The van der Waals surface area contributed by atoms with Crippen molar-refractivity contribution in [2.45, 2.75) is 19.9 Å². The summed E-state index contributed by atoms with van der Waals surface area (Å²) < 4.78 is 10.2. The number of carbonyl (C=O) groups is 2. The van der Waals surface area contributed by atoms with Crippen molar-refractivity contribution >= 4 is 11.9 Å². The molecule has 6 nitrogen and oxygen atoms in total. The lowest BCUT2D eigenvalue weighted by Gasteiger charge is -2.23. The molecule has 1 heterocycles. The van der Waals surface area contributed by atoms with E-state index in [4.69, 9.17) is 9.47 Å². The summed E-state index contributed by atoms with van der Waals surface area (Å²) in [6.07, 6.45) is 3.48. The fourth-order valence-electron chi connectivity index (χ4n) is 2.41. The number of rotatable bonds is 8. The maximum Gasteiger partial charge on any atom is 0.307 e. The van der Waals surface area contributed by atoms with Crippen molar-refractivity contribution < 1.29 is 19.1 Å². The number of methoxy groups -OCH3 is 1. The van der Waals surface area contributed by atoms with Crippen LogP contribution in [0, 0.1) is 0 Å². The Morgan fingerprint density at radius 3 is 2.52 bits per heavy atom. The Morgan fingerprint density at radius 2 is 1.84 bits per heavy atom. The molecule has 132 valence electrons. The van der Waals surface area contributed by atoms with Gasteiger partial charge in [-0.05, 0) is 36.8 Å². The molecule has 25 heavy (non-hydrogen) atoms. The summed E-state index contributed by atoms with van der Waals surface area (Å²) in [5, 5.41) is 0. The zero-order chi connectivity index (χ0) is 18.1. The molecular formula is C19H22N2O4. The Labute approximate surface area is 147 Å². The summed E-state index contributed by atoms with van der Waals surface area (Å²) in [4.78, 5) is 30.3. The first kappa shape index (κ1) is 18.4. The lowest BCUT2D eigenvalue weighted by molar-refractivity contribution is -0.143. The number of hydrogen-bond acceptors (Lipinski definition) is 5. The second-order valence-electron chi connectivity index (χ2n) is 5.34. The van der Waals surface area contributed by atoms with Crippen LogP contribution in [0.4, 0.5) is 0 Å². The number of pyridine rings is 1. The molecule has 1 aromatic carbocycles. The molecule has 2 rings (SSSR count). The maximum absolute atomic E-state index is 13.0. The van der Waals surface area contributed by atoms with Crippen LogP contribution in [0.2, 0.25) is 0 Å². The van der Waals surface area contributed by atoms with Crippen LogP contribution in [0.5, 0.6) is 5.75 Å². The van der Waals surface area contributed by atoms with Gasteiger partial charge < -0.3 is 14.4 Å². The number of hydrogen-bond donors (Lipinski definition) is 0. The third-order valence-corrected chi connectivity index (χ3v) is 3.64. The quantitative estimate of drug-likeness (QED) is 0.690. The fourth-order valence-corrected chi connectivity index (χ4v) is 2.41. The van der Waals surface area contributed by atoms with Gasteiger partial charge in [0.1, 0.15) is 5.75 Å². The van der Waals surface area contributed by atoms with Crippen molar-refractivity contribution in [3.63, 3.8) is 0 Å². The van der Waals surface area contributed by atoms with Gasteiger partial charge in [0.2, 0.25) is 0 Å². The molecule has 0 saturated carbocycles. The summed E-state index contributed by atoms with van der Waals surface area (Å²) in [6.45, 7) is 2.72. The largest absolute Gasteiger partial charge is 0.496 e. The van der Waals surface area contributed by atoms with Gasteiger partial charge in [0.05, 0.1) is 25.7 Å². The second-order valence-corrected chi connectivity index (χ2v) is 5.34. The van der Waals surface area contributed by atoms with Gasteiger partial charge in [-0.25, -0.2) is 0 Å². The van der Waals surface area contributed by atoms with Gasteiger partial charge >= 0.3 is 5.97 Å². The molecule has 0 atom stereocenters. The molecular weight excluding hydrogens is 320 g/mol. The number of benzene rings is 1. The van der Waals surface area contributed by atoms with Crippen LogP contribution in [-0.4, -0.2) is 42.0 Å². The third kappa shape index (κ3) is 5.31. The molecule has 0 N–H and O–H groups in total. The van der Waals surface area contributed by atoms with Crippen LogP contribution in [0.15, 0.2) is 48.8 Å². The number of aromatic nitrogens is 1. The average Bonchev–Trinajstić information content (AvgIpc) is 2.65. The van der Waals surface area contributed by atoms with E-state index in [1.165, 1.54) is 7.11 Å². The van der Waals surface area contributed by atoms with E-state index in [9.17, 15) is 9.59 Å². The normalized spacial score (nSPS) is 10.2. The molecule has 1 aromatic heterocycles. The second kappa shape index (κ2) is 9.42. The predicted molar refractivity (Wildman–Crippen MR) is 93.2 cm³/mol. The standard InChI is InChI=1S/C19H22N2O4/c1-3-25-18(22)10-13-21(14-15-8-11-20-12-9-15)19(23)16-6-4-5-7-17(16)24-2/h4-9,11-12H,3,10,13-14H2,1-2H3. The van der Waals surface area contributed by atoms with Gasteiger partial charge in [0.15, 0.2) is 0 Å². The van der Waals surface area contributed by atoms with Crippen LogP contribution >= 0.6 is 0 Å². The van der Waals surface area contributed by atoms with Gasteiger partial charge in [0, 0.05) is 25.5 Å². The highest BCUT2D eigenvalue weighted by Gasteiger charge is 2.20. The predicted octanol–water partition coefficient (Wildman–Crippen LogP) is 2.69. The summed E-state index contributed by atoms with van der Waals surface area (Å²) in [5.41, 5.74) is 1.39. The molecule has 2 aromatic rings. The highest BCUT2D eigenvalue weighted by molar-refractivity contribution is 5.97. The average molecular weight is 342 g/mol. The first-order chi connectivity index (χ1) is 12.2. The third-order valence-electron chi connectivity index (χ3n) is 3.64. The molecule has 0 aliphatic heterocycles. The van der Waals surface area contributed by atoms with Crippen molar-refractivity contribution in [3.8, 4) is 5.75 Å². The molecule has 0 aliphatic rings. The zero-order valence-electron chi connectivity index (χ0n) is 14.5. The number of ether oxygens (including phenoxy) is 2. The monoisotopic (exact) mass is 342 g/mol. The lowest BCUT2D eigenvalue weighted by Crippen LogP contribution is -2.33. The summed E-state index contributed by atoms with van der Waals surface area (Å²) in [6, 6.07) is 10.7. The van der Waals surface area contributed by atoms with Crippen LogP contribution in [-0.2, 0) is 16.1 Å². The highest BCUT2D eigenvalue weighted by atomic mass is 16.5. The maximum atomic E-state index is 13.0. The Morgan fingerprint density at radius 1 is 1.12 bits per heavy atom. The molecule has 0 radical (unpaired) electrons. The van der Waals surface area contributed by atoms with Crippen molar-refractivity contribution in [2.24, 2.45) is 0 Å². The zero-order valence-corrected chi connectivity index (χ0v) is 14.5. The molecule has 6 heteroatoms. The summed E-state index contributed by atoms with van der Waals surface area (Å²) in [7, 11) is 1.53. The van der Waals surface area contributed by atoms with Gasteiger partial charge in [-0.1, -0.05) is 12.1 Å². The minimum absolute atomic E-state index is 0.139. The van der Waals surface area contributed by atoms with Crippen LogP contribution in [0.25, 0.3) is 0 Å². The van der Waals surface area contributed by atoms with Gasteiger partial charge in [0.25, 0.3) is 5.91 Å². The first-order valence-electron chi connectivity index (χ1n) is 8.12. The van der Waals surface area contributed by atoms with Gasteiger partial charge in [-0.15, -0.1) is 0 Å².